The number of aromatic nitrogens is 2. The number of hydrogen-bond acceptors (Lipinski definition) is 8. The van der Waals surface area contributed by atoms with Gasteiger partial charge in [-0.2, -0.15) is 18.3 Å². The monoisotopic (exact) mass is 646 g/mol. The molecule has 0 radical (unpaired) electrons. The summed E-state index contributed by atoms with van der Waals surface area (Å²) < 4.78 is 76.5. The van der Waals surface area contributed by atoms with E-state index in [9.17, 15) is 22.8 Å². The van der Waals surface area contributed by atoms with Gasteiger partial charge < -0.3 is 25.6 Å². The lowest BCUT2D eigenvalue weighted by Gasteiger charge is -2.42. The minimum atomic E-state index is -4.66. The number of alkyl halides is 5. The highest BCUT2D eigenvalue weighted by Crippen LogP contribution is 2.65. The first kappa shape index (κ1) is 31.2. The number of benzene rings is 1. The van der Waals surface area contributed by atoms with Gasteiger partial charge in [-0.15, -0.1) is 0 Å². The van der Waals surface area contributed by atoms with E-state index >= 15 is 8.78 Å². The van der Waals surface area contributed by atoms with Gasteiger partial charge in [0.25, 0.3) is 11.8 Å². The summed E-state index contributed by atoms with van der Waals surface area (Å²) in [6.07, 6.45) is -0.750. The lowest BCUT2D eigenvalue weighted by Crippen LogP contribution is -2.53. The number of anilines is 1. The molecule has 1 unspecified atom stereocenters. The lowest BCUT2D eigenvalue weighted by atomic mass is 9.91. The molecule has 46 heavy (non-hydrogen) atoms. The molecule has 244 valence electrons. The van der Waals surface area contributed by atoms with Crippen LogP contribution in [0.3, 0.4) is 0 Å². The number of nitrogens with one attached hydrogen (secondary N) is 1. The number of nitrogens with zero attached hydrogens (tertiary/aromatic N) is 6. The molecule has 1 spiro atoms. The van der Waals surface area contributed by atoms with E-state index in [-0.39, 0.29) is 61.1 Å². The molecule has 1 aliphatic carbocycles. The number of carbonyl (C=O) groups is 2. The summed E-state index contributed by atoms with van der Waals surface area (Å²) >= 11 is 0. The first-order valence-corrected chi connectivity index (χ1v) is 14.6. The third-order valence-corrected chi connectivity index (χ3v) is 8.96. The Morgan fingerprint density at radius 3 is 2.61 bits per heavy atom. The van der Waals surface area contributed by atoms with Gasteiger partial charge in [-0.1, -0.05) is 0 Å². The molecule has 2 amide bonds. The highest BCUT2D eigenvalue weighted by molar-refractivity contribution is 6.06. The normalized spacial score (nSPS) is 24.1. The van der Waals surface area contributed by atoms with E-state index in [4.69, 9.17) is 10.5 Å². The molecule has 1 aromatic carbocycles. The van der Waals surface area contributed by atoms with Crippen molar-refractivity contribution in [3.8, 4) is 5.75 Å². The molecule has 3 fully saturated rings. The Morgan fingerprint density at radius 2 is 1.98 bits per heavy atom. The van der Waals surface area contributed by atoms with Crippen LogP contribution in [-0.2, 0) is 18.0 Å². The molecule has 3 aliphatic heterocycles. The van der Waals surface area contributed by atoms with E-state index in [1.807, 2.05) is 0 Å². The molecule has 6 rings (SSSR count). The zero-order valence-corrected chi connectivity index (χ0v) is 24.9. The van der Waals surface area contributed by atoms with Crippen LogP contribution in [0.15, 0.2) is 52.3 Å². The average molecular weight is 647 g/mol. The molecule has 2 saturated heterocycles. The summed E-state index contributed by atoms with van der Waals surface area (Å²) in [5.74, 6) is -4.38. The summed E-state index contributed by atoms with van der Waals surface area (Å²) in [6, 6.07) is 3.49. The highest BCUT2D eigenvalue weighted by atomic mass is 19.4. The minimum Gasteiger partial charge on any atom is -0.493 e. The number of amidine groups is 1. The third-order valence-electron chi connectivity index (χ3n) is 8.96. The molecule has 1 aromatic heterocycles. The van der Waals surface area contributed by atoms with Crippen LogP contribution in [0, 0.1) is 5.41 Å². The van der Waals surface area contributed by atoms with Crippen LogP contribution in [0.2, 0.25) is 0 Å². The van der Waals surface area contributed by atoms with Crippen molar-refractivity contribution >= 4 is 35.9 Å². The second-order valence-corrected chi connectivity index (χ2v) is 11.6. The van der Waals surface area contributed by atoms with E-state index in [0.717, 1.165) is 13.1 Å². The van der Waals surface area contributed by atoms with Crippen LogP contribution in [0.4, 0.5) is 27.8 Å². The first-order valence-electron chi connectivity index (χ1n) is 14.6. The number of amides is 2. The maximum atomic E-state index is 15.2. The molecular formula is C30H31F5N8O3. The molecule has 4 aliphatic rings. The maximum absolute atomic E-state index is 15.2. The largest absolute Gasteiger partial charge is 0.493 e. The van der Waals surface area contributed by atoms with Crippen molar-refractivity contribution in [2.45, 2.75) is 56.8 Å². The summed E-state index contributed by atoms with van der Waals surface area (Å²) in [5.41, 5.74) is 4.71. The smallest absolute Gasteiger partial charge is 0.433 e. The van der Waals surface area contributed by atoms with Crippen LogP contribution >= 0.6 is 0 Å². The molecule has 2 atom stereocenters. The number of halogens is 5. The van der Waals surface area contributed by atoms with Crippen molar-refractivity contribution in [3.05, 3.63) is 59.2 Å². The Kier molecular flexibility index (Phi) is 7.43. The van der Waals surface area contributed by atoms with Gasteiger partial charge in [0.2, 0.25) is 5.91 Å². The first-order chi connectivity index (χ1) is 21.7. The van der Waals surface area contributed by atoms with E-state index in [0.29, 0.717) is 22.4 Å². The summed E-state index contributed by atoms with van der Waals surface area (Å²) in [7, 11) is 1.12. The highest BCUT2D eigenvalue weighted by Gasteiger charge is 2.77. The van der Waals surface area contributed by atoms with Gasteiger partial charge in [0, 0.05) is 43.2 Å². The fraction of sp³-hybridized carbons (Fsp3) is 0.433. The van der Waals surface area contributed by atoms with Crippen molar-refractivity contribution in [1.29, 1.82) is 0 Å². The van der Waals surface area contributed by atoms with E-state index < -0.39 is 47.1 Å². The molecule has 2 aromatic rings. The second kappa shape index (κ2) is 10.9. The Labute approximate surface area is 260 Å². The Balaban J connectivity index is 1.31. The fourth-order valence-corrected chi connectivity index (χ4v) is 6.59. The van der Waals surface area contributed by atoms with Crippen LogP contribution in [0.25, 0.3) is 5.70 Å². The summed E-state index contributed by atoms with van der Waals surface area (Å²) in [4.78, 5) is 37.6. The number of carbonyl (C=O) groups excluding carboxylic acids is 2. The van der Waals surface area contributed by atoms with Gasteiger partial charge in [0.05, 0.1) is 18.7 Å². The number of rotatable bonds is 7. The van der Waals surface area contributed by atoms with Crippen LogP contribution in [0.1, 0.15) is 54.2 Å². The van der Waals surface area contributed by atoms with Crippen molar-refractivity contribution in [2.24, 2.45) is 28.2 Å². The predicted octanol–water partition coefficient (Wildman–Crippen LogP) is 4.39. The van der Waals surface area contributed by atoms with Gasteiger partial charge in [-0.25, -0.2) is 13.8 Å². The number of hydrogen-bond donors (Lipinski definition) is 2. The second-order valence-electron chi connectivity index (χ2n) is 11.6. The summed E-state index contributed by atoms with van der Waals surface area (Å²) in [5, 5.41) is 6.09. The SMILES string of the molecule is C=N/C(=C1/C(N)=NC=CN1C1CC[C@@H]2N(C1)C(=O)C1(CC1)C2(F)F)c1ccc(C(=O)Nc2cc(C(F)(F)F)n(C)n2)cc1OCC. The Morgan fingerprint density at radius 1 is 1.24 bits per heavy atom. The topological polar surface area (TPSA) is 130 Å². The predicted molar refractivity (Wildman–Crippen MR) is 158 cm³/mol. The van der Waals surface area contributed by atoms with Crippen molar-refractivity contribution < 1.29 is 36.3 Å². The van der Waals surface area contributed by atoms with Crippen LogP contribution in [0.5, 0.6) is 5.75 Å². The molecular weight excluding hydrogens is 615 g/mol. The number of ether oxygens (including phenoxy) is 1. The van der Waals surface area contributed by atoms with Gasteiger partial charge in [0.15, 0.2) is 5.82 Å². The minimum absolute atomic E-state index is 0.0490. The molecule has 4 heterocycles. The van der Waals surface area contributed by atoms with Crippen LogP contribution in [-0.4, -0.2) is 75.1 Å². The van der Waals surface area contributed by atoms with Gasteiger partial charge in [-0.3, -0.25) is 19.3 Å². The van der Waals surface area contributed by atoms with Gasteiger partial charge in [0.1, 0.15) is 34.1 Å². The van der Waals surface area contributed by atoms with E-state index in [2.05, 4.69) is 27.1 Å². The average Bonchev–Trinajstić information content (AvgIpc) is 3.72. The van der Waals surface area contributed by atoms with Crippen LogP contribution < -0.4 is 15.8 Å². The number of nitrogens with two attached hydrogens (primary N) is 1. The van der Waals surface area contributed by atoms with Crippen molar-refractivity contribution in [3.63, 3.8) is 0 Å². The Bertz CT molecular complexity index is 1710. The molecule has 1 saturated carbocycles. The molecule has 16 heteroatoms. The number of piperidine rings is 1. The van der Waals surface area contributed by atoms with Gasteiger partial charge in [-0.05, 0) is 57.5 Å². The maximum Gasteiger partial charge on any atom is 0.433 e. The molecule has 0 bridgehead atoms. The third kappa shape index (κ3) is 4.90. The number of aliphatic imine (C=N–C) groups is 2. The quantitative estimate of drug-likeness (QED) is 0.339. The van der Waals surface area contributed by atoms with E-state index in [1.54, 1.807) is 18.0 Å². The zero-order chi connectivity index (χ0) is 33.2. The Hall–Kier alpha value is -4.76. The standard InChI is InChI=1S/C30H31F5N8O3/c1-4-46-19-13-16(26(44)39-22-14-21(30(33,34)35)41(3)40-22)5-7-18(19)23(37-2)24-25(36)38-11-12-42(24)17-6-8-20-29(31,32)28(9-10-28)27(45)43(20)15-17/h5,7,11-14,17,20H,2,4,6,8-10,15H2,1,3H3,(H2,36,38)(H,39,40,44)/b24-23-/t17?,20-/m0/s1. The van der Waals surface area contributed by atoms with Gasteiger partial charge >= 0.3 is 6.18 Å². The molecule has 3 N–H and O–H groups in total. The summed E-state index contributed by atoms with van der Waals surface area (Å²) in [6.45, 7) is 5.66. The zero-order valence-electron chi connectivity index (χ0n) is 24.9. The van der Waals surface area contributed by atoms with Crippen molar-refractivity contribution in [2.75, 3.05) is 18.5 Å². The lowest BCUT2D eigenvalue weighted by molar-refractivity contribution is -0.143. The van der Waals surface area contributed by atoms with E-state index in [1.165, 1.54) is 29.3 Å². The number of aryl methyl sites for hydroxylation is 1. The molecule has 11 nitrogen and oxygen atoms in total. The van der Waals surface area contributed by atoms with Crippen molar-refractivity contribution in [1.82, 2.24) is 19.6 Å². The fourth-order valence-electron chi connectivity index (χ4n) is 6.59. The number of fused-ring (bicyclic) bond motifs is 1.